The van der Waals surface area contributed by atoms with Gasteiger partial charge in [0, 0.05) is 73.3 Å². The largest absolute Gasteiger partial charge is 0.504 e. The highest BCUT2D eigenvalue weighted by Gasteiger charge is 2.57. The van der Waals surface area contributed by atoms with Crippen molar-refractivity contribution in [3.8, 4) is 11.5 Å². The molecule has 7 N–H and O–H groups in total. The molecule has 2 aromatic carbocycles. The van der Waals surface area contributed by atoms with Gasteiger partial charge in [0.2, 0.25) is 5.91 Å². The Morgan fingerprint density at radius 1 is 0.890 bits per heavy atom. The number of benzene rings is 2. The van der Waals surface area contributed by atoms with Crippen molar-refractivity contribution in [2.24, 2.45) is 39.3 Å². The van der Waals surface area contributed by atoms with Crippen molar-refractivity contribution >= 4 is 45.2 Å². The lowest BCUT2D eigenvalue weighted by Crippen LogP contribution is -2.55. The third-order valence-corrected chi connectivity index (χ3v) is 22.2. The molecule has 11 rings (SSSR count). The number of hydrogen-bond donors (Lipinski definition) is 5. The first kappa shape index (κ1) is 52.3. The number of aliphatic hydroxyl groups is 1. The minimum atomic E-state index is -0.806. The lowest BCUT2D eigenvalue weighted by atomic mass is 9.72. The van der Waals surface area contributed by atoms with Crippen molar-refractivity contribution in [2.45, 2.75) is 197 Å². The lowest BCUT2D eigenvalue weighted by Gasteiger charge is -2.44. The predicted octanol–water partition coefficient (Wildman–Crippen LogP) is 10.8. The highest BCUT2D eigenvalue weighted by atomic mass is 33.1. The van der Waals surface area contributed by atoms with Crippen LogP contribution in [0.15, 0.2) is 59.7 Å². The molecule has 4 aliphatic heterocycles. The zero-order chi connectivity index (χ0) is 50.6. The summed E-state index contributed by atoms with van der Waals surface area (Å²) in [4.78, 5) is 38.5. The Bertz CT molecular complexity index is 2450. The number of guanidine groups is 1. The average molecular weight is 1040 g/mol. The molecule has 0 radical (unpaired) electrons. The molecule has 12 nitrogen and oxygen atoms in total. The number of anilines is 1. The van der Waals surface area contributed by atoms with Crippen LogP contribution in [-0.4, -0.2) is 79.5 Å². The Kier molecular flexibility index (Phi) is 16.2. The van der Waals surface area contributed by atoms with Crippen LogP contribution in [0.2, 0.25) is 0 Å². The number of carbonyl (C=O) groups excluding carboxylic acids is 2. The summed E-state index contributed by atoms with van der Waals surface area (Å²) in [7, 11) is 4.04. The number of phenolic OH excluding ortho intramolecular Hbond substituents is 1. The summed E-state index contributed by atoms with van der Waals surface area (Å²) in [6.07, 6.45) is 24.3. The number of pyridine rings is 1. The van der Waals surface area contributed by atoms with Gasteiger partial charge in [-0.05, 0) is 181 Å². The first-order chi connectivity index (χ1) is 35.3. The number of aliphatic hydroxyl groups excluding tert-OH is 1. The highest BCUT2D eigenvalue weighted by Crippen LogP contribution is 2.63. The maximum atomic E-state index is 14.5. The van der Waals surface area contributed by atoms with Crippen molar-refractivity contribution in [2.75, 3.05) is 24.6 Å². The monoisotopic (exact) mass is 1030 g/mol. The number of fused-ring (bicyclic) bond motifs is 14. The number of nitrogens with zero attached hydrogens (tertiary/aromatic N) is 3. The van der Waals surface area contributed by atoms with Crippen LogP contribution < -0.4 is 21.5 Å². The summed E-state index contributed by atoms with van der Waals surface area (Å²) in [5.41, 5.74) is 17.3. The van der Waals surface area contributed by atoms with Crippen molar-refractivity contribution in [3.63, 3.8) is 0 Å². The second-order valence-electron chi connectivity index (χ2n) is 23.8. The average Bonchev–Trinajstić information content (AvgIpc) is 4.14. The molecule has 396 valence electrons. The summed E-state index contributed by atoms with van der Waals surface area (Å²) >= 11 is 0. The van der Waals surface area contributed by atoms with Gasteiger partial charge in [-0.2, -0.15) is 0 Å². The van der Waals surface area contributed by atoms with E-state index >= 15 is 0 Å². The quantitative estimate of drug-likeness (QED) is 0.116. The van der Waals surface area contributed by atoms with Crippen LogP contribution >= 0.6 is 21.6 Å². The molecule has 2 spiro atoms. The smallest absolute Gasteiger partial charge is 0.303 e. The Hall–Kier alpha value is -4.14. The molecular weight excluding hydrogens is 953 g/mol. The molecule has 73 heavy (non-hydrogen) atoms. The first-order valence-electron chi connectivity index (χ1n) is 28.1. The van der Waals surface area contributed by atoms with Gasteiger partial charge in [0.15, 0.2) is 17.5 Å². The third kappa shape index (κ3) is 11.8. The molecule has 8 unspecified atom stereocenters. The topological polar surface area (TPSA) is 186 Å². The molecule has 8 atom stereocenters. The summed E-state index contributed by atoms with van der Waals surface area (Å²) in [6.45, 7) is 2.67. The number of phenols is 1. The number of aliphatic imine (C=N–C) groups is 1. The van der Waals surface area contributed by atoms with E-state index in [1.54, 1.807) is 6.20 Å². The van der Waals surface area contributed by atoms with E-state index in [1.807, 2.05) is 38.6 Å². The van der Waals surface area contributed by atoms with Gasteiger partial charge in [0.25, 0.3) is 0 Å². The van der Waals surface area contributed by atoms with Gasteiger partial charge < -0.3 is 41.4 Å². The molecule has 6 bridgehead atoms. The maximum absolute atomic E-state index is 14.5. The highest BCUT2D eigenvalue weighted by molar-refractivity contribution is 8.77. The van der Waals surface area contributed by atoms with E-state index in [0.29, 0.717) is 93.0 Å². The van der Waals surface area contributed by atoms with Crippen LogP contribution in [0.3, 0.4) is 0 Å². The predicted molar refractivity (Wildman–Crippen MR) is 293 cm³/mol. The van der Waals surface area contributed by atoms with Gasteiger partial charge in [0.05, 0.1) is 6.10 Å². The van der Waals surface area contributed by atoms with Gasteiger partial charge in [-0.25, -0.2) is 4.98 Å². The number of aryl methyl sites for hydroxylation is 2. The van der Waals surface area contributed by atoms with Crippen molar-refractivity contribution in [3.05, 3.63) is 82.5 Å². The Morgan fingerprint density at radius 3 is 2.51 bits per heavy atom. The molecule has 14 heteroatoms. The van der Waals surface area contributed by atoms with E-state index < -0.39 is 17.1 Å². The number of rotatable bonds is 6. The van der Waals surface area contributed by atoms with Gasteiger partial charge in [-0.1, -0.05) is 71.2 Å². The van der Waals surface area contributed by atoms with E-state index in [9.17, 15) is 19.8 Å². The molecule has 5 heterocycles. The summed E-state index contributed by atoms with van der Waals surface area (Å²) < 4.78 is 13.2. The van der Waals surface area contributed by atoms with Gasteiger partial charge in [-0.15, -0.1) is 0 Å². The number of nitrogens with two attached hydrogens (primary N) is 2. The second-order valence-corrected chi connectivity index (χ2v) is 26.4. The molecule has 4 saturated carbocycles. The van der Waals surface area contributed by atoms with Crippen molar-refractivity contribution in [1.82, 2.24) is 15.2 Å². The van der Waals surface area contributed by atoms with Crippen LogP contribution in [-0.2, 0) is 46.6 Å². The summed E-state index contributed by atoms with van der Waals surface area (Å²) in [5, 5.41) is 28.3. The zero-order valence-corrected chi connectivity index (χ0v) is 45.1. The normalized spacial score (nSPS) is 32.1. The van der Waals surface area contributed by atoms with E-state index in [0.717, 1.165) is 99.5 Å². The van der Waals surface area contributed by atoms with Crippen LogP contribution in [0.5, 0.6) is 11.5 Å². The number of nitrogens with one attached hydrogen (secondary N) is 1. The number of aromatic nitrogens is 1. The van der Waals surface area contributed by atoms with Crippen LogP contribution in [0, 0.1) is 28.6 Å². The Labute approximate surface area is 442 Å². The fourth-order valence-electron chi connectivity index (χ4n) is 15.0. The third-order valence-electron chi connectivity index (χ3n) is 18.9. The van der Waals surface area contributed by atoms with E-state index in [-0.39, 0.29) is 46.5 Å². The van der Waals surface area contributed by atoms with Crippen LogP contribution in [0.4, 0.5) is 5.82 Å². The number of ether oxygens (including phenoxy) is 2. The molecule has 1 aromatic heterocycles. The SMILES string of the molecule is CC(=O)OC12CCc3cc(c(O)c4c3CCC3CCCC3O4)CN3CC(Cc4ccnc(N)c4)(CCN=C(N)NC4(CCCC45CCCC5)SSCC(CCc4ccccc4)CCCC(CC1)C(O)C2)CC3=O. The summed E-state index contributed by atoms with van der Waals surface area (Å²) in [5.74, 6) is 3.44. The standard InChI is InChI=1S/C59H82N6O6S2/c1-40(66)71-58-27-20-44(49(67)35-58)13-7-12-42(17-16-41-10-3-2-4-11-41)38-72-73-59(26-9-25-57(59)23-5-6-24-57)64-55(61)63-31-29-56(34-43-22-30-62-51(60)32-43)36-52(68)65(39-56)37-47-33-46(21-28-58)48-19-18-45-14-8-15-50(45)70-54(48)53(47)69/h2-4,10-11,22,30,32-33,42,44-45,49-50,67,69H,5-9,12-21,23-29,31,34-39H2,1H3,(H2,60,62)(H3,61,63,64). The molecular formula is C59H82N6O6S2. The van der Waals surface area contributed by atoms with E-state index in [2.05, 4.69) is 46.7 Å². The fourth-order valence-corrected chi connectivity index (χ4v) is 18.9. The van der Waals surface area contributed by atoms with Crippen molar-refractivity contribution in [1.29, 1.82) is 0 Å². The molecule has 4 aliphatic carbocycles. The van der Waals surface area contributed by atoms with Gasteiger partial charge >= 0.3 is 5.97 Å². The number of amides is 1. The summed E-state index contributed by atoms with van der Waals surface area (Å²) in [6, 6.07) is 16.9. The maximum Gasteiger partial charge on any atom is 0.303 e. The molecule has 3 aromatic rings. The Morgan fingerprint density at radius 2 is 1.70 bits per heavy atom. The minimum absolute atomic E-state index is 0.0327. The lowest BCUT2D eigenvalue weighted by molar-refractivity contribution is -0.168. The molecule has 5 fully saturated rings. The van der Waals surface area contributed by atoms with Crippen LogP contribution in [0.1, 0.15) is 170 Å². The number of hydrogen-bond acceptors (Lipinski definition) is 13. The molecule has 1 saturated heterocycles. The number of aromatic hydroxyl groups is 1. The fraction of sp³-hybridized carbons (Fsp3) is 0.661. The number of esters is 1. The van der Waals surface area contributed by atoms with E-state index in [1.165, 1.54) is 51.0 Å². The van der Waals surface area contributed by atoms with E-state index in [4.69, 9.17) is 25.9 Å². The second kappa shape index (κ2) is 22.6. The van der Waals surface area contributed by atoms with Crippen molar-refractivity contribution < 1.29 is 29.3 Å². The molecule has 8 aliphatic rings. The van der Waals surface area contributed by atoms with Gasteiger partial charge in [-0.3, -0.25) is 14.6 Å². The zero-order valence-electron chi connectivity index (χ0n) is 43.4. The van der Waals surface area contributed by atoms with Gasteiger partial charge in [0.1, 0.15) is 22.4 Å². The first-order valence-corrected chi connectivity index (χ1v) is 30.5. The Balaban J connectivity index is 0.985. The number of nitrogen functional groups attached to an aromatic ring is 1. The minimum Gasteiger partial charge on any atom is -0.504 e. The number of carbonyl (C=O) groups is 2. The molecule has 1 amide bonds. The van der Waals surface area contributed by atoms with Crippen LogP contribution in [0.25, 0.3) is 0 Å².